The van der Waals surface area contributed by atoms with E-state index < -0.39 is 0 Å². The summed E-state index contributed by atoms with van der Waals surface area (Å²) < 4.78 is 0. The molecule has 2 fully saturated rings. The summed E-state index contributed by atoms with van der Waals surface area (Å²) >= 11 is 1.72. The lowest BCUT2D eigenvalue weighted by Crippen LogP contribution is -2.50. The van der Waals surface area contributed by atoms with Gasteiger partial charge in [0.25, 0.3) is 0 Å². The van der Waals surface area contributed by atoms with E-state index in [0.29, 0.717) is 18.7 Å². The van der Waals surface area contributed by atoms with Crippen LogP contribution in [0, 0.1) is 0 Å². The van der Waals surface area contributed by atoms with Crippen molar-refractivity contribution in [3.8, 4) is 0 Å². The van der Waals surface area contributed by atoms with Crippen LogP contribution in [0.15, 0.2) is 24.3 Å². The number of para-hydroxylation sites is 2. The Morgan fingerprint density at radius 2 is 2.29 bits per heavy atom. The van der Waals surface area contributed by atoms with E-state index in [9.17, 15) is 9.59 Å². The Kier molecular flexibility index (Phi) is 3.56. The summed E-state index contributed by atoms with van der Waals surface area (Å²) in [4.78, 5) is 36.1. The van der Waals surface area contributed by atoms with Crippen molar-refractivity contribution < 1.29 is 9.59 Å². The minimum Gasteiger partial charge on any atom is -0.340 e. The predicted molar refractivity (Wildman–Crippen MR) is 93.3 cm³/mol. The van der Waals surface area contributed by atoms with E-state index in [-0.39, 0.29) is 22.7 Å². The quantitative estimate of drug-likeness (QED) is 0.924. The number of likely N-dealkylation sites (N-methyl/N-ethyl adjacent to an activating group) is 1. The van der Waals surface area contributed by atoms with Gasteiger partial charge in [0.2, 0.25) is 11.8 Å². The molecule has 0 saturated carbocycles. The maximum atomic E-state index is 12.9. The monoisotopic (exact) mass is 344 g/mol. The largest absolute Gasteiger partial charge is 0.340 e. The van der Waals surface area contributed by atoms with Gasteiger partial charge in [-0.3, -0.25) is 9.59 Å². The van der Waals surface area contributed by atoms with Crippen molar-refractivity contribution >= 4 is 34.6 Å². The van der Waals surface area contributed by atoms with Gasteiger partial charge in [-0.25, -0.2) is 4.98 Å². The highest BCUT2D eigenvalue weighted by Crippen LogP contribution is 2.47. The Labute approximate surface area is 144 Å². The van der Waals surface area contributed by atoms with Gasteiger partial charge in [0.05, 0.1) is 22.4 Å². The first-order valence-electron chi connectivity index (χ1n) is 8.13. The highest BCUT2D eigenvalue weighted by Gasteiger charge is 2.53. The normalized spacial score (nSPS) is 26.2. The summed E-state index contributed by atoms with van der Waals surface area (Å²) in [5.74, 6) is 1.51. The zero-order chi connectivity index (χ0) is 16.9. The van der Waals surface area contributed by atoms with Crippen LogP contribution < -0.4 is 0 Å². The van der Waals surface area contributed by atoms with Crippen molar-refractivity contribution in [2.45, 2.75) is 37.2 Å². The van der Waals surface area contributed by atoms with Gasteiger partial charge in [-0.05, 0) is 25.5 Å². The van der Waals surface area contributed by atoms with Crippen molar-refractivity contribution in [3.63, 3.8) is 0 Å². The first-order valence-corrected chi connectivity index (χ1v) is 9.11. The first kappa shape index (κ1) is 15.5. The van der Waals surface area contributed by atoms with E-state index in [2.05, 4.69) is 16.9 Å². The SMILES string of the molecule is CN(Cc1nc2ccccc2[nH]1)C(=O)[C@H]1CS[C@@]2(C)CCC(=O)N12. The van der Waals surface area contributed by atoms with Crippen LogP contribution in [0.3, 0.4) is 0 Å². The van der Waals surface area contributed by atoms with Gasteiger partial charge >= 0.3 is 0 Å². The average Bonchev–Trinajstić information content (AvgIpc) is 3.20. The second-order valence-corrected chi connectivity index (χ2v) is 8.16. The van der Waals surface area contributed by atoms with Crippen molar-refractivity contribution in [3.05, 3.63) is 30.1 Å². The van der Waals surface area contributed by atoms with Gasteiger partial charge in [0, 0.05) is 19.2 Å². The number of hydrogen-bond donors (Lipinski definition) is 1. The number of rotatable bonds is 3. The number of carbonyl (C=O) groups excluding carboxylic acids is 2. The molecule has 2 atom stereocenters. The fourth-order valence-electron chi connectivity index (χ4n) is 3.64. The molecule has 2 amide bonds. The topological polar surface area (TPSA) is 69.3 Å². The third-order valence-electron chi connectivity index (χ3n) is 4.93. The number of aromatic nitrogens is 2. The lowest BCUT2D eigenvalue weighted by molar-refractivity contribution is -0.143. The lowest BCUT2D eigenvalue weighted by atomic mass is 10.2. The Hall–Kier alpha value is -2.02. The maximum absolute atomic E-state index is 12.9. The molecule has 24 heavy (non-hydrogen) atoms. The Bertz CT molecular complexity index is 787. The highest BCUT2D eigenvalue weighted by molar-refractivity contribution is 8.01. The smallest absolute Gasteiger partial charge is 0.246 e. The summed E-state index contributed by atoms with van der Waals surface area (Å²) in [6, 6.07) is 7.45. The van der Waals surface area contributed by atoms with E-state index in [1.807, 2.05) is 24.3 Å². The van der Waals surface area contributed by atoms with Crippen molar-refractivity contribution in [2.24, 2.45) is 0 Å². The number of nitrogens with one attached hydrogen (secondary N) is 1. The standard InChI is InChI=1S/C17H20N4O2S/c1-17-8-7-15(22)21(17)13(10-24-17)16(23)20(2)9-14-18-11-5-3-4-6-12(11)19-14/h3-6,13H,7-10H2,1-2H3,(H,18,19)/t13-,17+/m1/s1. The number of fused-ring (bicyclic) bond motifs is 2. The molecule has 1 aromatic heterocycles. The molecule has 7 heteroatoms. The van der Waals surface area contributed by atoms with Gasteiger partial charge < -0.3 is 14.8 Å². The van der Waals surface area contributed by atoms with Crippen LogP contribution in [0.1, 0.15) is 25.6 Å². The molecule has 0 aliphatic carbocycles. The molecule has 1 N–H and O–H groups in total. The molecule has 2 saturated heterocycles. The molecule has 3 heterocycles. The molecule has 0 unspecified atom stereocenters. The van der Waals surface area contributed by atoms with E-state index in [0.717, 1.165) is 23.3 Å². The van der Waals surface area contributed by atoms with Gasteiger partial charge in [-0.1, -0.05) is 12.1 Å². The molecule has 1 aromatic carbocycles. The van der Waals surface area contributed by atoms with Crippen LogP contribution >= 0.6 is 11.8 Å². The number of amides is 2. The number of H-pyrrole nitrogens is 1. The van der Waals surface area contributed by atoms with Crippen molar-refractivity contribution in [2.75, 3.05) is 12.8 Å². The van der Waals surface area contributed by atoms with Crippen molar-refractivity contribution in [1.29, 1.82) is 0 Å². The first-order chi connectivity index (χ1) is 11.5. The Balaban J connectivity index is 1.51. The van der Waals surface area contributed by atoms with Gasteiger partial charge in [0.15, 0.2) is 0 Å². The summed E-state index contributed by atoms with van der Waals surface area (Å²) in [6.07, 6.45) is 1.37. The minimum absolute atomic E-state index is 0.0121. The van der Waals surface area contributed by atoms with Crippen LogP contribution in [0.4, 0.5) is 0 Å². The fourth-order valence-corrected chi connectivity index (χ4v) is 5.06. The number of hydrogen-bond acceptors (Lipinski definition) is 4. The van der Waals surface area contributed by atoms with Gasteiger partial charge in [0.1, 0.15) is 11.9 Å². The molecule has 4 rings (SSSR count). The van der Waals surface area contributed by atoms with Crippen LogP contribution in [0.25, 0.3) is 11.0 Å². The van der Waals surface area contributed by atoms with E-state index in [4.69, 9.17) is 0 Å². The summed E-state index contributed by atoms with van der Waals surface area (Å²) in [7, 11) is 1.77. The summed E-state index contributed by atoms with van der Waals surface area (Å²) in [5, 5.41) is 0. The fraction of sp³-hybridized carbons (Fsp3) is 0.471. The molecule has 0 radical (unpaired) electrons. The highest BCUT2D eigenvalue weighted by atomic mass is 32.2. The van der Waals surface area contributed by atoms with Crippen LogP contribution in [-0.4, -0.2) is 55.3 Å². The molecular formula is C17H20N4O2S. The minimum atomic E-state index is -0.357. The number of imidazole rings is 1. The number of carbonyl (C=O) groups is 2. The molecule has 6 nitrogen and oxygen atoms in total. The lowest BCUT2D eigenvalue weighted by Gasteiger charge is -2.31. The molecular weight excluding hydrogens is 324 g/mol. The van der Waals surface area contributed by atoms with Crippen LogP contribution in [-0.2, 0) is 16.1 Å². The molecule has 0 spiro atoms. The molecule has 126 valence electrons. The predicted octanol–water partition coefficient (Wildman–Crippen LogP) is 1.98. The van der Waals surface area contributed by atoms with E-state index in [1.54, 1.807) is 28.6 Å². The Morgan fingerprint density at radius 1 is 1.50 bits per heavy atom. The number of benzene rings is 1. The third kappa shape index (κ3) is 2.38. The van der Waals surface area contributed by atoms with Gasteiger partial charge in [-0.15, -0.1) is 11.8 Å². The van der Waals surface area contributed by atoms with Crippen LogP contribution in [0.5, 0.6) is 0 Å². The second-order valence-electron chi connectivity index (χ2n) is 6.66. The number of nitrogens with zero attached hydrogens (tertiary/aromatic N) is 3. The molecule has 2 aromatic rings. The molecule has 0 bridgehead atoms. The van der Waals surface area contributed by atoms with Crippen molar-refractivity contribution in [1.82, 2.24) is 19.8 Å². The summed E-state index contributed by atoms with van der Waals surface area (Å²) in [5.41, 5.74) is 1.86. The zero-order valence-electron chi connectivity index (χ0n) is 13.8. The molecule has 2 aliphatic rings. The average molecular weight is 344 g/mol. The summed E-state index contributed by atoms with van der Waals surface area (Å²) in [6.45, 7) is 2.47. The third-order valence-corrected chi connectivity index (χ3v) is 6.44. The zero-order valence-corrected chi connectivity index (χ0v) is 14.6. The maximum Gasteiger partial charge on any atom is 0.246 e. The number of thioether (sulfide) groups is 1. The van der Waals surface area contributed by atoms with Gasteiger partial charge in [-0.2, -0.15) is 0 Å². The Morgan fingerprint density at radius 3 is 3.08 bits per heavy atom. The van der Waals surface area contributed by atoms with Crippen LogP contribution in [0.2, 0.25) is 0 Å². The van der Waals surface area contributed by atoms with E-state index >= 15 is 0 Å². The number of aromatic amines is 1. The molecule has 2 aliphatic heterocycles. The second kappa shape index (κ2) is 5.51. The van der Waals surface area contributed by atoms with E-state index in [1.165, 1.54) is 0 Å².